The number of nitrogens with two attached hydrogens (primary N) is 1. The monoisotopic (exact) mass is 229 g/mol. The largest absolute Gasteiger partial charge is 0.399 e. The highest BCUT2D eigenvalue weighted by molar-refractivity contribution is 7.13. The van der Waals surface area contributed by atoms with Gasteiger partial charge in [0, 0.05) is 5.69 Å². The molecule has 0 unspecified atom stereocenters. The van der Waals surface area contributed by atoms with Gasteiger partial charge >= 0.3 is 0 Å². The summed E-state index contributed by atoms with van der Waals surface area (Å²) in [7, 11) is 0. The third kappa shape index (κ3) is 1.39. The summed E-state index contributed by atoms with van der Waals surface area (Å²) in [5, 5.41) is 2.08. The maximum absolute atomic E-state index is 5.74. The molecule has 0 radical (unpaired) electrons. The van der Waals surface area contributed by atoms with Crippen LogP contribution in [0.5, 0.6) is 0 Å². The van der Waals surface area contributed by atoms with Crippen LogP contribution in [0, 0.1) is 6.92 Å². The Morgan fingerprint density at radius 3 is 2.94 bits per heavy atom. The first-order valence-corrected chi connectivity index (χ1v) is 5.92. The van der Waals surface area contributed by atoms with E-state index in [-0.39, 0.29) is 0 Å². The van der Waals surface area contributed by atoms with Crippen LogP contribution in [0.15, 0.2) is 29.6 Å². The van der Waals surface area contributed by atoms with Crippen molar-refractivity contribution in [2.24, 2.45) is 0 Å². The third-order valence-electron chi connectivity index (χ3n) is 2.58. The first-order chi connectivity index (χ1) is 7.74. The molecular formula is C12H11N3S. The Balaban J connectivity index is 2.23. The van der Waals surface area contributed by atoms with Crippen molar-refractivity contribution in [3.8, 4) is 10.7 Å². The predicted molar refractivity (Wildman–Crippen MR) is 68.6 cm³/mol. The molecule has 16 heavy (non-hydrogen) atoms. The van der Waals surface area contributed by atoms with Gasteiger partial charge in [0.05, 0.1) is 15.9 Å². The van der Waals surface area contributed by atoms with Gasteiger partial charge in [-0.1, -0.05) is 0 Å². The van der Waals surface area contributed by atoms with Crippen LogP contribution in [0.3, 0.4) is 0 Å². The van der Waals surface area contributed by atoms with E-state index in [1.807, 2.05) is 18.2 Å². The fourth-order valence-electron chi connectivity index (χ4n) is 1.75. The molecule has 4 heteroatoms. The van der Waals surface area contributed by atoms with Gasteiger partial charge in [0.25, 0.3) is 0 Å². The van der Waals surface area contributed by atoms with E-state index in [2.05, 4.69) is 28.3 Å². The van der Waals surface area contributed by atoms with E-state index in [0.717, 1.165) is 22.5 Å². The van der Waals surface area contributed by atoms with Gasteiger partial charge in [-0.2, -0.15) is 0 Å². The number of hydrogen-bond donors (Lipinski definition) is 2. The van der Waals surface area contributed by atoms with E-state index in [1.165, 1.54) is 10.4 Å². The van der Waals surface area contributed by atoms with Gasteiger partial charge in [-0.05, 0) is 42.1 Å². The molecule has 0 aliphatic heterocycles. The molecule has 0 amide bonds. The summed E-state index contributed by atoms with van der Waals surface area (Å²) in [6.07, 6.45) is 0. The number of aryl methyl sites for hydroxylation is 1. The minimum Gasteiger partial charge on any atom is -0.399 e. The fourth-order valence-corrected chi connectivity index (χ4v) is 2.62. The summed E-state index contributed by atoms with van der Waals surface area (Å²) in [6.45, 7) is 2.09. The van der Waals surface area contributed by atoms with Crippen LogP contribution in [0.4, 0.5) is 5.69 Å². The molecule has 1 aromatic carbocycles. The molecule has 0 atom stereocenters. The van der Waals surface area contributed by atoms with Crippen LogP contribution in [-0.4, -0.2) is 9.97 Å². The van der Waals surface area contributed by atoms with Crippen LogP contribution in [-0.2, 0) is 0 Å². The van der Waals surface area contributed by atoms with Gasteiger partial charge < -0.3 is 10.7 Å². The molecule has 0 saturated carbocycles. The first kappa shape index (κ1) is 9.42. The number of aromatic amines is 1. The highest BCUT2D eigenvalue weighted by Gasteiger charge is 2.08. The lowest BCUT2D eigenvalue weighted by atomic mass is 10.3. The molecule has 0 spiro atoms. The van der Waals surface area contributed by atoms with Crippen LogP contribution < -0.4 is 5.73 Å². The number of nitrogens with one attached hydrogen (secondary N) is 1. The Morgan fingerprint density at radius 2 is 2.19 bits per heavy atom. The van der Waals surface area contributed by atoms with Crippen LogP contribution >= 0.6 is 11.3 Å². The summed E-state index contributed by atoms with van der Waals surface area (Å²) in [4.78, 5) is 9.04. The summed E-state index contributed by atoms with van der Waals surface area (Å²) in [5.41, 5.74) is 9.68. The zero-order valence-corrected chi connectivity index (χ0v) is 9.64. The summed E-state index contributed by atoms with van der Waals surface area (Å²) in [5.74, 6) is 0.924. The van der Waals surface area contributed by atoms with Crippen LogP contribution in [0.1, 0.15) is 5.56 Å². The number of hydrogen-bond acceptors (Lipinski definition) is 3. The van der Waals surface area contributed by atoms with Gasteiger partial charge in [-0.15, -0.1) is 11.3 Å². The minimum atomic E-state index is 0.755. The van der Waals surface area contributed by atoms with Crippen LogP contribution in [0.2, 0.25) is 0 Å². The third-order valence-corrected chi connectivity index (χ3v) is 3.61. The average molecular weight is 229 g/mol. The number of imidazole rings is 1. The number of thiophene rings is 1. The zero-order valence-electron chi connectivity index (χ0n) is 8.82. The zero-order chi connectivity index (χ0) is 11.1. The summed E-state index contributed by atoms with van der Waals surface area (Å²) >= 11 is 1.70. The van der Waals surface area contributed by atoms with E-state index >= 15 is 0 Å². The van der Waals surface area contributed by atoms with Crippen molar-refractivity contribution in [1.29, 1.82) is 0 Å². The van der Waals surface area contributed by atoms with Gasteiger partial charge in [-0.3, -0.25) is 0 Å². The van der Waals surface area contributed by atoms with Crippen molar-refractivity contribution < 1.29 is 0 Å². The Labute approximate surface area is 96.9 Å². The number of nitrogen functional groups attached to an aromatic ring is 1. The molecule has 0 aliphatic carbocycles. The first-order valence-electron chi connectivity index (χ1n) is 5.04. The molecule has 3 N–H and O–H groups in total. The summed E-state index contributed by atoms with van der Waals surface area (Å²) in [6, 6.07) is 7.82. The molecule has 2 aromatic heterocycles. The summed E-state index contributed by atoms with van der Waals surface area (Å²) < 4.78 is 0. The molecule has 3 rings (SSSR count). The van der Waals surface area contributed by atoms with Gasteiger partial charge in [-0.25, -0.2) is 4.98 Å². The highest BCUT2D eigenvalue weighted by atomic mass is 32.1. The van der Waals surface area contributed by atoms with Crippen molar-refractivity contribution in [2.45, 2.75) is 6.92 Å². The van der Waals surface area contributed by atoms with E-state index < -0.39 is 0 Å². The molecule has 80 valence electrons. The van der Waals surface area contributed by atoms with Crippen molar-refractivity contribution >= 4 is 28.1 Å². The number of H-pyrrole nitrogens is 1. The molecule has 0 aliphatic rings. The maximum atomic E-state index is 5.74. The van der Waals surface area contributed by atoms with Crippen LogP contribution in [0.25, 0.3) is 21.7 Å². The Morgan fingerprint density at radius 1 is 1.31 bits per heavy atom. The van der Waals surface area contributed by atoms with Gasteiger partial charge in [0.1, 0.15) is 5.82 Å². The molecule has 0 fully saturated rings. The number of benzene rings is 1. The van der Waals surface area contributed by atoms with Gasteiger partial charge in [0.2, 0.25) is 0 Å². The standard InChI is InChI=1S/C12H11N3S/c1-7-4-5-16-11(7)12-14-9-3-2-8(13)6-10(9)15-12/h2-6H,13H2,1H3,(H,14,15). The molecular weight excluding hydrogens is 218 g/mol. The normalized spacial score (nSPS) is 11.1. The SMILES string of the molecule is Cc1ccsc1-c1nc2ccc(N)cc2[nH]1. The lowest BCUT2D eigenvalue weighted by Gasteiger charge is -1.92. The topological polar surface area (TPSA) is 54.7 Å². The maximum Gasteiger partial charge on any atom is 0.148 e. The molecule has 3 aromatic rings. The fraction of sp³-hybridized carbons (Fsp3) is 0.0833. The van der Waals surface area contributed by atoms with Crippen molar-refractivity contribution in [3.05, 3.63) is 35.2 Å². The smallest absolute Gasteiger partial charge is 0.148 e. The predicted octanol–water partition coefficient (Wildman–Crippen LogP) is 3.18. The van der Waals surface area contributed by atoms with E-state index in [1.54, 1.807) is 11.3 Å². The van der Waals surface area contributed by atoms with Gasteiger partial charge in [0.15, 0.2) is 0 Å². The van der Waals surface area contributed by atoms with Crippen molar-refractivity contribution in [1.82, 2.24) is 9.97 Å². The quantitative estimate of drug-likeness (QED) is 0.630. The highest BCUT2D eigenvalue weighted by Crippen LogP contribution is 2.28. The lowest BCUT2D eigenvalue weighted by molar-refractivity contribution is 1.34. The van der Waals surface area contributed by atoms with Crippen molar-refractivity contribution in [2.75, 3.05) is 5.73 Å². The molecule has 0 bridgehead atoms. The second-order valence-electron chi connectivity index (χ2n) is 3.79. The Hall–Kier alpha value is -1.81. The number of rotatable bonds is 1. The van der Waals surface area contributed by atoms with E-state index in [0.29, 0.717) is 0 Å². The molecule has 0 saturated heterocycles. The average Bonchev–Trinajstić information content (AvgIpc) is 2.82. The Kier molecular flexibility index (Phi) is 1.97. The second kappa shape index (κ2) is 3.35. The minimum absolute atomic E-state index is 0.755. The number of nitrogens with zero attached hydrogens (tertiary/aromatic N) is 1. The Bertz CT molecular complexity index is 651. The van der Waals surface area contributed by atoms with E-state index in [9.17, 15) is 0 Å². The van der Waals surface area contributed by atoms with E-state index in [4.69, 9.17) is 5.73 Å². The molecule has 3 nitrogen and oxygen atoms in total. The van der Waals surface area contributed by atoms with Crippen molar-refractivity contribution in [3.63, 3.8) is 0 Å². The number of aromatic nitrogens is 2. The molecule has 2 heterocycles. The number of anilines is 1. The lowest BCUT2D eigenvalue weighted by Crippen LogP contribution is -1.82. The number of fused-ring (bicyclic) bond motifs is 1. The second-order valence-corrected chi connectivity index (χ2v) is 4.71.